The molecule has 3 aromatic rings. The number of ether oxygens (including phenoxy) is 1. The largest absolute Gasteiger partial charge is 0.484 e. The van der Waals surface area contributed by atoms with E-state index in [1.807, 2.05) is 11.3 Å². The van der Waals surface area contributed by atoms with Gasteiger partial charge in [0.1, 0.15) is 17.2 Å². The van der Waals surface area contributed by atoms with Gasteiger partial charge < -0.3 is 15.0 Å². The lowest BCUT2D eigenvalue weighted by Gasteiger charge is -2.26. The molecule has 2 heterocycles. The van der Waals surface area contributed by atoms with Gasteiger partial charge in [-0.05, 0) is 43.5 Å². The molecule has 3 amide bonds. The van der Waals surface area contributed by atoms with Gasteiger partial charge in [-0.2, -0.15) is 0 Å². The molecule has 0 bridgehead atoms. The minimum atomic E-state index is -0.303. The molecule has 2 aromatic heterocycles. The summed E-state index contributed by atoms with van der Waals surface area (Å²) in [4.78, 5) is 46.1. The predicted molar refractivity (Wildman–Crippen MR) is 143 cm³/mol. The van der Waals surface area contributed by atoms with Crippen molar-refractivity contribution < 1.29 is 19.1 Å². The fourth-order valence-electron chi connectivity index (χ4n) is 4.68. The molecule has 1 fully saturated rings. The highest BCUT2D eigenvalue weighted by Crippen LogP contribution is 2.29. The number of hydrogen-bond donors (Lipinski definition) is 1. The van der Waals surface area contributed by atoms with Gasteiger partial charge in [-0.3, -0.25) is 23.7 Å². The van der Waals surface area contributed by atoms with Crippen LogP contribution in [0.15, 0.2) is 42.6 Å². The summed E-state index contributed by atoms with van der Waals surface area (Å²) in [7, 11) is 5.13. The topological polar surface area (TPSA) is 96.2 Å². The van der Waals surface area contributed by atoms with Crippen molar-refractivity contribution in [2.45, 2.75) is 45.4 Å². The van der Waals surface area contributed by atoms with Gasteiger partial charge in [0.15, 0.2) is 6.61 Å². The molecule has 0 atom stereocenters. The monoisotopic (exact) mass is 505 g/mol. The summed E-state index contributed by atoms with van der Waals surface area (Å²) in [6.07, 6.45) is 7.59. The maximum atomic E-state index is 13.3. The molecule has 1 aliphatic rings. The van der Waals surface area contributed by atoms with E-state index < -0.39 is 0 Å². The van der Waals surface area contributed by atoms with Crippen molar-refractivity contribution in [1.29, 1.82) is 0 Å². The summed E-state index contributed by atoms with van der Waals surface area (Å²) in [5.74, 6) is 0.873. The van der Waals surface area contributed by atoms with Crippen LogP contribution in [0.2, 0.25) is 0 Å². The van der Waals surface area contributed by atoms with Gasteiger partial charge in [0.25, 0.3) is 11.8 Å². The zero-order valence-electron chi connectivity index (χ0n) is 22.0. The van der Waals surface area contributed by atoms with Crippen LogP contribution in [0.5, 0.6) is 5.75 Å². The number of amides is 3. The zero-order valence-corrected chi connectivity index (χ0v) is 22.0. The summed E-state index contributed by atoms with van der Waals surface area (Å²) in [6.45, 7) is 1.93. The molecule has 196 valence electrons. The van der Waals surface area contributed by atoms with Gasteiger partial charge in [0.05, 0.1) is 11.3 Å². The van der Waals surface area contributed by atoms with Crippen LogP contribution in [0.25, 0.3) is 5.65 Å². The third-order valence-electron chi connectivity index (χ3n) is 6.82. The summed E-state index contributed by atoms with van der Waals surface area (Å²) in [5.41, 5.74) is 2.49. The molecular weight excluding hydrogens is 470 g/mol. The minimum absolute atomic E-state index is 0.0306. The Hall–Kier alpha value is -3.88. The third-order valence-corrected chi connectivity index (χ3v) is 6.82. The van der Waals surface area contributed by atoms with Gasteiger partial charge in [0, 0.05) is 45.0 Å². The van der Waals surface area contributed by atoms with Crippen LogP contribution in [-0.4, -0.2) is 59.8 Å². The van der Waals surface area contributed by atoms with E-state index in [1.54, 1.807) is 68.6 Å². The highest BCUT2D eigenvalue weighted by molar-refractivity contribution is 6.04. The number of nitrogens with zero attached hydrogens (tertiary/aromatic N) is 4. The van der Waals surface area contributed by atoms with E-state index in [9.17, 15) is 14.4 Å². The Morgan fingerprint density at radius 3 is 2.54 bits per heavy atom. The normalized spacial score (nSPS) is 13.8. The first-order valence-corrected chi connectivity index (χ1v) is 12.8. The number of anilines is 2. The number of benzene rings is 1. The van der Waals surface area contributed by atoms with E-state index in [0.29, 0.717) is 34.9 Å². The van der Waals surface area contributed by atoms with Gasteiger partial charge in [0.2, 0.25) is 5.91 Å². The molecule has 0 unspecified atom stereocenters. The first kappa shape index (κ1) is 26.2. The van der Waals surface area contributed by atoms with Crippen molar-refractivity contribution in [3.63, 3.8) is 0 Å². The van der Waals surface area contributed by atoms with Gasteiger partial charge in [-0.25, -0.2) is 4.98 Å². The van der Waals surface area contributed by atoms with Crippen molar-refractivity contribution >= 4 is 34.9 Å². The second-order valence-corrected chi connectivity index (χ2v) is 9.67. The van der Waals surface area contributed by atoms with E-state index in [0.717, 1.165) is 31.4 Å². The minimum Gasteiger partial charge on any atom is -0.484 e. The SMILES string of the molecule is CCc1nc2ccc(C(=O)Nc3cccc(OCC(=O)N(C)C)c3)cn2c1N(C)C(=O)C1CCCCC1. The van der Waals surface area contributed by atoms with Crippen molar-refractivity contribution in [3.05, 3.63) is 53.9 Å². The standard InChI is InChI=1S/C28H35N5O4/c1-5-23-27(32(4)28(36)19-10-7-6-8-11-19)33-17-20(14-15-24(33)30-23)26(35)29-21-12-9-13-22(16-21)37-18-25(34)31(2)3/h9,12-17,19H,5-8,10-11,18H2,1-4H3,(H,29,35). The number of carbonyl (C=O) groups is 3. The molecule has 4 rings (SSSR count). The molecule has 0 saturated heterocycles. The second-order valence-electron chi connectivity index (χ2n) is 9.67. The average molecular weight is 506 g/mol. The van der Waals surface area contributed by atoms with E-state index in [2.05, 4.69) is 5.32 Å². The van der Waals surface area contributed by atoms with Crippen molar-refractivity contribution in [2.24, 2.45) is 5.92 Å². The van der Waals surface area contributed by atoms with Gasteiger partial charge >= 0.3 is 0 Å². The lowest BCUT2D eigenvalue weighted by Crippen LogP contribution is -2.35. The lowest BCUT2D eigenvalue weighted by molar-refractivity contribution is -0.130. The van der Waals surface area contributed by atoms with Crippen LogP contribution in [0.1, 0.15) is 55.1 Å². The fraction of sp³-hybridized carbons (Fsp3) is 0.429. The van der Waals surface area contributed by atoms with E-state index in [4.69, 9.17) is 9.72 Å². The molecule has 0 aliphatic heterocycles. The summed E-state index contributed by atoms with van der Waals surface area (Å²) in [5, 5.41) is 2.89. The number of pyridine rings is 1. The van der Waals surface area contributed by atoms with Crippen LogP contribution in [0.4, 0.5) is 11.5 Å². The maximum Gasteiger partial charge on any atom is 0.259 e. The fourth-order valence-corrected chi connectivity index (χ4v) is 4.68. The number of nitrogens with one attached hydrogen (secondary N) is 1. The number of hydrogen-bond acceptors (Lipinski definition) is 5. The molecule has 9 nitrogen and oxygen atoms in total. The van der Waals surface area contributed by atoms with Gasteiger partial charge in [-0.1, -0.05) is 32.3 Å². The molecule has 0 radical (unpaired) electrons. The molecule has 9 heteroatoms. The Kier molecular flexibility index (Phi) is 8.11. The van der Waals surface area contributed by atoms with Crippen LogP contribution in [0.3, 0.4) is 0 Å². The number of aryl methyl sites for hydroxylation is 1. The van der Waals surface area contributed by atoms with Crippen molar-refractivity contribution in [1.82, 2.24) is 14.3 Å². The summed E-state index contributed by atoms with van der Waals surface area (Å²) < 4.78 is 7.39. The van der Waals surface area contributed by atoms with E-state index in [-0.39, 0.29) is 30.2 Å². The molecular formula is C28H35N5O4. The molecule has 1 aromatic carbocycles. The second kappa shape index (κ2) is 11.5. The quantitative estimate of drug-likeness (QED) is 0.496. The molecule has 37 heavy (non-hydrogen) atoms. The molecule has 1 N–H and O–H groups in total. The smallest absolute Gasteiger partial charge is 0.259 e. The van der Waals surface area contributed by atoms with Crippen LogP contribution < -0.4 is 15.0 Å². The summed E-state index contributed by atoms with van der Waals surface area (Å²) in [6, 6.07) is 10.4. The number of fused-ring (bicyclic) bond motifs is 1. The first-order valence-electron chi connectivity index (χ1n) is 12.8. The highest BCUT2D eigenvalue weighted by atomic mass is 16.5. The Bertz CT molecular complexity index is 1290. The number of likely N-dealkylation sites (N-methyl/N-ethyl adjacent to an activating group) is 1. The predicted octanol–water partition coefficient (Wildman–Crippen LogP) is 4.16. The van der Waals surface area contributed by atoms with Gasteiger partial charge in [-0.15, -0.1) is 0 Å². The number of carbonyl (C=O) groups excluding carboxylic acids is 3. The van der Waals surface area contributed by atoms with E-state index >= 15 is 0 Å². The first-order chi connectivity index (χ1) is 17.8. The van der Waals surface area contributed by atoms with Crippen molar-refractivity contribution in [3.8, 4) is 5.75 Å². The Morgan fingerprint density at radius 2 is 1.84 bits per heavy atom. The summed E-state index contributed by atoms with van der Waals surface area (Å²) >= 11 is 0. The van der Waals surface area contributed by atoms with Crippen LogP contribution >= 0.6 is 0 Å². The van der Waals surface area contributed by atoms with Crippen LogP contribution in [0, 0.1) is 5.92 Å². The molecule has 0 spiro atoms. The molecule has 1 aliphatic carbocycles. The van der Waals surface area contributed by atoms with Crippen LogP contribution in [-0.2, 0) is 16.0 Å². The third kappa shape index (κ3) is 5.93. The maximum absolute atomic E-state index is 13.3. The lowest BCUT2D eigenvalue weighted by atomic mass is 9.88. The van der Waals surface area contributed by atoms with Crippen molar-refractivity contribution in [2.75, 3.05) is 38.0 Å². The molecule has 1 saturated carbocycles. The Balaban J connectivity index is 1.55. The number of imidazole rings is 1. The Labute approximate surface area is 217 Å². The highest BCUT2D eigenvalue weighted by Gasteiger charge is 2.28. The zero-order chi connectivity index (χ0) is 26.5. The average Bonchev–Trinajstić information content (AvgIpc) is 3.29. The Morgan fingerprint density at radius 1 is 1.08 bits per heavy atom. The number of rotatable bonds is 8. The van der Waals surface area contributed by atoms with E-state index in [1.165, 1.54) is 11.3 Å². The number of aromatic nitrogens is 2.